The van der Waals surface area contributed by atoms with Gasteiger partial charge < -0.3 is 14.8 Å². The first kappa shape index (κ1) is 12.5. The molecule has 0 aromatic heterocycles. The predicted molar refractivity (Wildman–Crippen MR) is 61.3 cm³/mol. The van der Waals surface area contributed by atoms with Crippen LogP contribution in [0.2, 0.25) is 0 Å². The van der Waals surface area contributed by atoms with E-state index in [1.165, 1.54) is 0 Å². The van der Waals surface area contributed by atoms with Crippen LogP contribution in [0.25, 0.3) is 0 Å². The van der Waals surface area contributed by atoms with Crippen LogP contribution in [0.4, 0.5) is 0 Å². The second kappa shape index (κ2) is 6.85. The van der Waals surface area contributed by atoms with Crippen LogP contribution in [0, 0.1) is 0 Å². The molecule has 0 saturated carbocycles. The summed E-state index contributed by atoms with van der Waals surface area (Å²) in [6, 6.07) is 7.46. The van der Waals surface area contributed by atoms with Crippen LogP contribution in [0.3, 0.4) is 0 Å². The Labute approximate surface area is 95.6 Å². The van der Waals surface area contributed by atoms with Gasteiger partial charge in [0.25, 0.3) is 0 Å². The fraction of sp³-hybridized carbons (Fsp3) is 0.417. The summed E-state index contributed by atoms with van der Waals surface area (Å²) < 4.78 is 10.1. The third-order valence-electron chi connectivity index (χ3n) is 2.05. The highest BCUT2D eigenvalue weighted by molar-refractivity contribution is 5.71. The van der Waals surface area contributed by atoms with Gasteiger partial charge in [-0.25, -0.2) is 0 Å². The molecule has 0 aliphatic carbocycles. The van der Waals surface area contributed by atoms with E-state index in [2.05, 4.69) is 5.32 Å². The van der Waals surface area contributed by atoms with E-state index >= 15 is 0 Å². The molecule has 16 heavy (non-hydrogen) atoms. The molecular formula is C12H17NO3. The normalized spacial score (nSPS) is 9.88. The molecule has 1 aromatic carbocycles. The first-order valence-electron chi connectivity index (χ1n) is 5.25. The zero-order chi connectivity index (χ0) is 11.8. The molecule has 0 heterocycles. The maximum Gasteiger partial charge on any atom is 0.320 e. The average Bonchev–Trinajstić information content (AvgIpc) is 2.34. The van der Waals surface area contributed by atoms with Crippen LogP contribution >= 0.6 is 0 Å². The highest BCUT2D eigenvalue weighted by Gasteiger charge is 2.02. The Morgan fingerprint density at radius 3 is 2.94 bits per heavy atom. The lowest BCUT2D eigenvalue weighted by Crippen LogP contribution is -2.24. The van der Waals surface area contributed by atoms with Crippen molar-refractivity contribution >= 4 is 5.97 Å². The van der Waals surface area contributed by atoms with Crippen molar-refractivity contribution < 1.29 is 14.3 Å². The first-order chi connectivity index (χ1) is 7.76. The summed E-state index contributed by atoms with van der Waals surface area (Å²) in [6.45, 7) is 3.23. The maximum absolute atomic E-state index is 11.2. The number of likely N-dealkylation sites (N-methyl/N-ethyl adjacent to an activating group) is 1. The van der Waals surface area contributed by atoms with Crippen LogP contribution in [-0.4, -0.2) is 26.2 Å². The van der Waals surface area contributed by atoms with Gasteiger partial charge in [-0.05, 0) is 24.2 Å². The molecular weight excluding hydrogens is 206 g/mol. The molecule has 1 aromatic rings. The molecule has 0 radical (unpaired) electrons. The molecule has 1 rings (SSSR count). The Morgan fingerprint density at radius 2 is 2.25 bits per heavy atom. The number of benzene rings is 1. The Bertz CT molecular complexity index is 339. The number of esters is 1. The summed E-state index contributed by atoms with van der Waals surface area (Å²) in [5.41, 5.74) is 0.921. The van der Waals surface area contributed by atoms with Crippen LogP contribution in [0.15, 0.2) is 24.3 Å². The van der Waals surface area contributed by atoms with Crippen molar-refractivity contribution in [2.45, 2.75) is 13.5 Å². The molecule has 0 spiro atoms. The fourth-order valence-electron chi connectivity index (χ4n) is 1.20. The molecule has 0 aliphatic rings. The van der Waals surface area contributed by atoms with E-state index < -0.39 is 0 Å². The quantitative estimate of drug-likeness (QED) is 0.739. The summed E-state index contributed by atoms with van der Waals surface area (Å²) >= 11 is 0. The number of rotatable bonds is 6. The lowest BCUT2D eigenvalue weighted by molar-refractivity contribution is -0.143. The van der Waals surface area contributed by atoms with E-state index in [0.717, 1.165) is 17.9 Å². The van der Waals surface area contributed by atoms with E-state index in [1.54, 1.807) is 7.11 Å². The van der Waals surface area contributed by atoms with Crippen molar-refractivity contribution in [2.75, 3.05) is 20.2 Å². The lowest BCUT2D eigenvalue weighted by Gasteiger charge is -2.06. The molecule has 0 saturated heterocycles. The number of hydrogen-bond donors (Lipinski definition) is 1. The Balaban J connectivity index is 2.38. The minimum atomic E-state index is -0.246. The number of carbonyl (C=O) groups excluding carboxylic acids is 1. The number of methoxy groups -OCH3 is 1. The van der Waals surface area contributed by atoms with Gasteiger partial charge in [-0.15, -0.1) is 0 Å². The van der Waals surface area contributed by atoms with Crippen molar-refractivity contribution in [2.24, 2.45) is 0 Å². The summed E-state index contributed by atoms with van der Waals surface area (Å²) in [5, 5.41) is 2.91. The molecule has 4 nitrogen and oxygen atoms in total. The van der Waals surface area contributed by atoms with Gasteiger partial charge in [0.1, 0.15) is 12.4 Å². The Morgan fingerprint density at radius 1 is 1.44 bits per heavy atom. The van der Waals surface area contributed by atoms with Crippen molar-refractivity contribution in [1.82, 2.24) is 5.32 Å². The molecule has 0 unspecified atom stereocenters. The van der Waals surface area contributed by atoms with E-state index in [4.69, 9.17) is 9.47 Å². The van der Waals surface area contributed by atoms with Crippen LogP contribution in [-0.2, 0) is 16.1 Å². The number of carbonyl (C=O) groups is 1. The SMILES string of the molecule is CCNCC(=O)OCc1cccc(OC)c1. The van der Waals surface area contributed by atoms with Gasteiger partial charge in [0, 0.05) is 0 Å². The number of ether oxygens (including phenoxy) is 2. The second-order valence-electron chi connectivity index (χ2n) is 3.29. The van der Waals surface area contributed by atoms with Gasteiger partial charge in [-0.3, -0.25) is 4.79 Å². The predicted octanol–water partition coefficient (Wildman–Crippen LogP) is 1.35. The fourth-order valence-corrected chi connectivity index (χ4v) is 1.20. The highest BCUT2D eigenvalue weighted by Crippen LogP contribution is 2.13. The highest BCUT2D eigenvalue weighted by atomic mass is 16.5. The standard InChI is InChI=1S/C12H17NO3/c1-3-13-8-12(14)16-9-10-5-4-6-11(7-10)15-2/h4-7,13H,3,8-9H2,1-2H3. The molecule has 0 atom stereocenters. The van der Waals surface area contributed by atoms with Crippen LogP contribution < -0.4 is 10.1 Å². The summed E-state index contributed by atoms with van der Waals surface area (Å²) in [5.74, 6) is 0.518. The molecule has 0 aliphatic heterocycles. The molecule has 0 fully saturated rings. The van der Waals surface area contributed by atoms with Crippen molar-refractivity contribution in [3.63, 3.8) is 0 Å². The monoisotopic (exact) mass is 223 g/mol. The van der Waals surface area contributed by atoms with Gasteiger partial charge in [-0.2, -0.15) is 0 Å². The zero-order valence-corrected chi connectivity index (χ0v) is 9.66. The third-order valence-corrected chi connectivity index (χ3v) is 2.05. The molecule has 1 N–H and O–H groups in total. The first-order valence-corrected chi connectivity index (χ1v) is 5.25. The minimum absolute atomic E-state index is 0.246. The lowest BCUT2D eigenvalue weighted by atomic mass is 10.2. The molecule has 4 heteroatoms. The molecule has 88 valence electrons. The van der Waals surface area contributed by atoms with E-state index in [-0.39, 0.29) is 19.1 Å². The summed E-state index contributed by atoms with van der Waals surface area (Å²) in [7, 11) is 1.61. The maximum atomic E-state index is 11.2. The van der Waals surface area contributed by atoms with E-state index in [0.29, 0.717) is 0 Å². The van der Waals surface area contributed by atoms with Gasteiger partial charge in [-0.1, -0.05) is 19.1 Å². The number of hydrogen-bond acceptors (Lipinski definition) is 4. The van der Waals surface area contributed by atoms with Crippen molar-refractivity contribution in [1.29, 1.82) is 0 Å². The topological polar surface area (TPSA) is 47.6 Å². The van der Waals surface area contributed by atoms with Gasteiger partial charge in [0.05, 0.1) is 13.7 Å². The Hall–Kier alpha value is -1.55. The summed E-state index contributed by atoms with van der Waals surface area (Å²) in [4.78, 5) is 11.2. The Kier molecular flexibility index (Phi) is 5.36. The van der Waals surface area contributed by atoms with Gasteiger partial charge in [0.2, 0.25) is 0 Å². The average molecular weight is 223 g/mol. The second-order valence-corrected chi connectivity index (χ2v) is 3.29. The van der Waals surface area contributed by atoms with Crippen molar-refractivity contribution in [3.8, 4) is 5.75 Å². The number of nitrogens with one attached hydrogen (secondary N) is 1. The molecule has 0 bridgehead atoms. The molecule has 0 amide bonds. The summed E-state index contributed by atoms with van der Waals surface area (Å²) in [6.07, 6.45) is 0. The largest absolute Gasteiger partial charge is 0.497 e. The van der Waals surface area contributed by atoms with Gasteiger partial charge in [0.15, 0.2) is 0 Å². The van der Waals surface area contributed by atoms with Crippen LogP contribution in [0.5, 0.6) is 5.75 Å². The zero-order valence-electron chi connectivity index (χ0n) is 9.66. The van der Waals surface area contributed by atoms with E-state index in [1.807, 2.05) is 31.2 Å². The van der Waals surface area contributed by atoms with Gasteiger partial charge >= 0.3 is 5.97 Å². The van der Waals surface area contributed by atoms with Crippen molar-refractivity contribution in [3.05, 3.63) is 29.8 Å². The smallest absolute Gasteiger partial charge is 0.320 e. The van der Waals surface area contributed by atoms with E-state index in [9.17, 15) is 4.79 Å². The minimum Gasteiger partial charge on any atom is -0.497 e. The third kappa shape index (κ3) is 4.31. The van der Waals surface area contributed by atoms with Crippen LogP contribution in [0.1, 0.15) is 12.5 Å².